The van der Waals surface area contributed by atoms with Gasteiger partial charge in [-0.2, -0.15) is 0 Å². The molecule has 0 aromatic rings. The van der Waals surface area contributed by atoms with Gasteiger partial charge in [0.2, 0.25) is 0 Å². The summed E-state index contributed by atoms with van der Waals surface area (Å²) in [5.74, 6) is 0. The summed E-state index contributed by atoms with van der Waals surface area (Å²) < 4.78 is 5.61. The van der Waals surface area contributed by atoms with Crippen LogP contribution in [0.5, 0.6) is 0 Å². The molecule has 0 aromatic carbocycles. The van der Waals surface area contributed by atoms with Gasteiger partial charge < -0.3 is 14.5 Å². The molecule has 1 heterocycles. The third-order valence-electron chi connectivity index (χ3n) is 4.15. The lowest BCUT2D eigenvalue weighted by molar-refractivity contribution is -0.0147. The summed E-state index contributed by atoms with van der Waals surface area (Å²) >= 11 is 0. The lowest BCUT2D eigenvalue weighted by Gasteiger charge is -2.45. The molecule has 0 atom stereocenters. The first-order valence-corrected chi connectivity index (χ1v) is 7.57. The summed E-state index contributed by atoms with van der Waals surface area (Å²) in [4.78, 5) is 16.9. The summed E-state index contributed by atoms with van der Waals surface area (Å²) in [6.45, 7) is 7.99. The van der Waals surface area contributed by atoms with E-state index in [1.165, 1.54) is 6.42 Å². The maximum atomic E-state index is 12.5. The van der Waals surface area contributed by atoms with E-state index in [2.05, 4.69) is 16.8 Å². The third-order valence-corrected chi connectivity index (χ3v) is 4.15. The molecule has 1 aliphatic carbocycles. The molecule has 19 heavy (non-hydrogen) atoms. The van der Waals surface area contributed by atoms with Crippen molar-refractivity contribution in [3.63, 3.8) is 0 Å². The Morgan fingerprint density at radius 2 is 1.63 bits per heavy atom. The molecule has 0 N–H and O–H groups in total. The van der Waals surface area contributed by atoms with E-state index in [0.29, 0.717) is 12.1 Å². The first-order valence-electron chi connectivity index (χ1n) is 7.57. The Morgan fingerprint density at radius 1 is 1.11 bits per heavy atom. The Kier molecular flexibility index (Phi) is 4.39. The van der Waals surface area contributed by atoms with Crippen LogP contribution in [0.3, 0.4) is 0 Å². The number of carbonyl (C=O) groups excluding carboxylic acids is 1. The molecule has 1 saturated heterocycles. The van der Waals surface area contributed by atoms with Crippen molar-refractivity contribution >= 4 is 6.09 Å². The van der Waals surface area contributed by atoms with Gasteiger partial charge in [-0.1, -0.05) is 0 Å². The summed E-state index contributed by atoms with van der Waals surface area (Å²) in [6, 6.07) is 0.791. The van der Waals surface area contributed by atoms with Crippen LogP contribution in [0.25, 0.3) is 0 Å². The fourth-order valence-corrected chi connectivity index (χ4v) is 2.85. The van der Waals surface area contributed by atoms with E-state index in [9.17, 15) is 4.79 Å². The third kappa shape index (κ3) is 3.85. The van der Waals surface area contributed by atoms with Crippen LogP contribution in [0, 0.1) is 0 Å². The molecule has 0 aromatic heterocycles. The molecular weight excluding hydrogens is 240 g/mol. The number of piperidine rings is 1. The van der Waals surface area contributed by atoms with Crippen molar-refractivity contribution in [1.82, 2.24) is 9.80 Å². The van der Waals surface area contributed by atoms with E-state index in [1.807, 2.05) is 20.8 Å². The van der Waals surface area contributed by atoms with Gasteiger partial charge in [0.15, 0.2) is 0 Å². The predicted molar refractivity (Wildman–Crippen MR) is 76.2 cm³/mol. The zero-order valence-electron chi connectivity index (χ0n) is 12.8. The van der Waals surface area contributed by atoms with E-state index < -0.39 is 5.60 Å². The fourth-order valence-electron chi connectivity index (χ4n) is 2.85. The molecule has 4 nitrogen and oxygen atoms in total. The van der Waals surface area contributed by atoms with Crippen LogP contribution in [-0.4, -0.2) is 53.7 Å². The van der Waals surface area contributed by atoms with Crippen LogP contribution in [0.1, 0.15) is 52.9 Å². The highest BCUT2D eigenvalue weighted by Gasteiger charge is 2.37. The summed E-state index contributed by atoms with van der Waals surface area (Å²) in [6.07, 6.45) is 5.58. The second-order valence-corrected chi connectivity index (χ2v) is 7.01. The van der Waals surface area contributed by atoms with E-state index in [4.69, 9.17) is 4.74 Å². The van der Waals surface area contributed by atoms with Crippen molar-refractivity contribution < 1.29 is 9.53 Å². The van der Waals surface area contributed by atoms with Gasteiger partial charge in [-0.15, -0.1) is 0 Å². The molecule has 0 bridgehead atoms. The second-order valence-electron chi connectivity index (χ2n) is 7.01. The van der Waals surface area contributed by atoms with Crippen LogP contribution >= 0.6 is 0 Å². The van der Waals surface area contributed by atoms with Gasteiger partial charge in [0.25, 0.3) is 0 Å². The number of likely N-dealkylation sites (tertiary alicyclic amines) is 1. The van der Waals surface area contributed by atoms with Crippen LogP contribution in [0.15, 0.2) is 0 Å². The molecule has 1 amide bonds. The van der Waals surface area contributed by atoms with Gasteiger partial charge in [-0.25, -0.2) is 4.79 Å². The highest BCUT2D eigenvalue weighted by molar-refractivity contribution is 5.69. The van der Waals surface area contributed by atoms with Gasteiger partial charge in [0.1, 0.15) is 5.60 Å². The molecule has 110 valence electrons. The summed E-state index contributed by atoms with van der Waals surface area (Å²) in [5.41, 5.74) is -0.398. The monoisotopic (exact) mass is 268 g/mol. The lowest BCUT2D eigenvalue weighted by atomic mass is 9.89. The first kappa shape index (κ1) is 14.6. The van der Waals surface area contributed by atoms with Gasteiger partial charge in [-0.3, -0.25) is 0 Å². The minimum Gasteiger partial charge on any atom is -0.444 e. The van der Waals surface area contributed by atoms with Gasteiger partial charge in [0, 0.05) is 12.1 Å². The number of carbonyl (C=O) groups is 1. The van der Waals surface area contributed by atoms with E-state index in [1.54, 1.807) is 0 Å². The number of hydrogen-bond acceptors (Lipinski definition) is 3. The van der Waals surface area contributed by atoms with Crippen LogP contribution in [-0.2, 0) is 4.74 Å². The average Bonchev–Trinajstić information content (AvgIpc) is 2.22. The normalized spacial score (nSPS) is 22.9. The Labute approximate surface area is 117 Å². The summed E-state index contributed by atoms with van der Waals surface area (Å²) in [5, 5.41) is 0. The van der Waals surface area contributed by atoms with Gasteiger partial charge >= 0.3 is 6.09 Å². The lowest BCUT2D eigenvalue weighted by Crippen LogP contribution is -2.54. The highest BCUT2D eigenvalue weighted by atomic mass is 16.6. The minimum absolute atomic E-state index is 0.105. The van der Waals surface area contributed by atoms with Crippen molar-refractivity contribution in [3.05, 3.63) is 0 Å². The van der Waals surface area contributed by atoms with Gasteiger partial charge in [-0.05, 0) is 73.0 Å². The SMILES string of the molecule is CN1CCC(N(C(=O)OC(C)(C)C)C2CCC2)CC1. The zero-order valence-corrected chi connectivity index (χ0v) is 12.8. The Bertz CT molecular complexity index is 313. The number of hydrogen-bond donors (Lipinski definition) is 0. The second kappa shape index (κ2) is 5.70. The maximum Gasteiger partial charge on any atom is 0.410 e. The predicted octanol–water partition coefficient (Wildman–Crippen LogP) is 2.87. The molecule has 4 heteroatoms. The molecule has 0 spiro atoms. The number of ether oxygens (including phenoxy) is 1. The molecule has 1 saturated carbocycles. The van der Waals surface area contributed by atoms with E-state index in [-0.39, 0.29) is 6.09 Å². The van der Waals surface area contributed by atoms with Crippen molar-refractivity contribution in [2.75, 3.05) is 20.1 Å². The van der Waals surface area contributed by atoms with Gasteiger partial charge in [0.05, 0.1) is 0 Å². The topological polar surface area (TPSA) is 32.8 Å². The molecule has 2 fully saturated rings. The Balaban J connectivity index is 2.01. The summed E-state index contributed by atoms with van der Waals surface area (Å²) in [7, 11) is 2.15. The molecule has 1 aliphatic heterocycles. The number of nitrogens with zero attached hydrogens (tertiary/aromatic N) is 2. The largest absolute Gasteiger partial charge is 0.444 e. The molecule has 0 unspecified atom stereocenters. The van der Waals surface area contributed by atoms with Crippen molar-refractivity contribution in [3.8, 4) is 0 Å². The smallest absolute Gasteiger partial charge is 0.410 e. The van der Waals surface area contributed by atoms with Crippen LogP contribution < -0.4 is 0 Å². The zero-order chi connectivity index (χ0) is 14.0. The molecular formula is C15H28N2O2. The van der Waals surface area contributed by atoms with Crippen LogP contribution in [0.4, 0.5) is 4.79 Å². The highest BCUT2D eigenvalue weighted by Crippen LogP contribution is 2.31. The standard InChI is InChI=1S/C15H28N2O2/c1-15(2,3)19-14(18)17(12-6-5-7-12)13-8-10-16(4)11-9-13/h12-13H,5-11H2,1-4H3. The van der Waals surface area contributed by atoms with E-state index in [0.717, 1.165) is 38.8 Å². The quantitative estimate of drug-likeness (QED) is 0.772. The number of rotatable bonds is 2. The minimum atomic E-state index is -0.398. The van der Waals surface area contributed by atoms with Crippen LogP contribution in [0.2, 0.25) is 0 Å². The fraction of sp³-hybridized carbons (Fsp3) is 0.933. The number of amides is 1. The maximum absolute atomic E-state index is 12.5. The van der Waals surface area contributed by atoms with Crippen molar-refractivity contribution in [2.24, 2.45) is 0 Å². The molecule has 0 radical (unpaired) electrons. The van der Waals surface area contributed by atoms with Crippen molar-refractivity contribution in [1.29, 1.82) is 0 Å². The average molecular weight is 268 g/mol. The first-order chi connectivity index (χ1) is 8.87. The molecule has 2 aliphatic rings. The molecule has 2 rings (SSSR count). The Hall–Kier alpha value is -0.770. The van der Waals surface area contributed by atoms with Crippen molar-refractivity contribution in [2.45, 2.75) is 70.6 Å². The Morgan fingerprint density at radius 3 is 2.05 bits per heavy atom. The van der Waals surface area contributed by atoms with E-state index >= 15 is 0 Å².